The highest BCUT2D eigenvalue weighted by atomic mass is 15.2. The van der Waals surface area contributed by atoms with Gasteiger partial charge in [-0.3, -0.25) is 4.90 Å². The first-order chi connectivity index (χ1) is 8.13. The normalized spacial score (nSPS) is 26.8. The van der Waals surface area contributed by atoms with Crippen molar-refractivity contribution in [1.29, 1.82) is 0 Å². The van der Waals surface area contributed by atoms with Gasteiger partial charge in [-0.05, 0) is 32.8 Å². The second-order valence-electron chi connectivity index (χ2n) is 5.48. The average molecular weight is 232 g/mol. The highest BCUT2D eigenvalue weighted by molar-refractivity contribution is 5.21. The van der Waals surface area contributed by atoms with Crippen LogP contribution in [0.15, 0.2) is 24.3 Å². The largest absolute Gasteiger partial charge is 0.310 e. The van der Waals surface area contributed by atoms with Crippen molar-refractivity contribution < 1.29 is 0 Å². The van der Waals surface area contributed by atoms with Crippen LogP contribution in [0.5, 0.6) is 0 Å². The maximum atomic E-state index is 3.62. The van der Waals surface area contributed by atoms with Gasteiger partial charge < -0.3 is 5.32 Å². The third-order valence-electron chi connectivity index (χ3n) is 3.51. The van der Waals surface area contributed by atoms with Crippen LogP contribution in [0.25, 0.3) is 0 Å². The summed E-state index contributed by atoms with van der Waals surface area (Å²) in [5, 5.41) is 3.62. The molecule has 1 aromatic carbocycles. The van der Waals surface area contributed by atoms with E-state index in [1.165, 1.54) is 24.1 Å². The highest BCUT2D eigenvalue weighted by Gasteiger charge is 2.17. The molecule has 1 aromatic rings. The first-order valence-corrected chi connectivity index (χ1v) is 6.67. The molecule has 1 fully saturated rings. The summed E-state index contributed by atoms with van der Waals surface area (Å²) < 4.78 is 0. The lowest BCUT2D eigenvalue weighted by Crippen LogP contribution is -2.37. The van der Waals surface area contributed by atoms with Crippen molar-refractivity contribution in [3.63, 3.8) is 0 Å². The Kier molecular flexibility index (Phi) is 4.19. The Morgan fingerprint density at radius 3 is 2.59 bits per heavy atom. The van der Waals surface area contributed by atoms with E-state index in [1.807, 2.05) is 0 Å². The fraction of sp³-hybridized carbons (Fsp3) is 0.600. The number of benzene rings is 1. The minimum absolute atomic E-state index is 0.595. The minimum atomic E-state index is 0.595. The first-order valence-electron chi connectivity index (χ1n) is 6.67. The van der Waals surface area contributed by atoms with E-state index in [1.54, 1.807) is 0 Å². The van der Waals surface area contributed by atoms with Gasteiger partial charge in [0.15, 0.2) is 0 Å². The highest BCUT2D eigenvalue weighted by Crippen LogP contribution is 2.11. The van der Waals surface area contributed by atoms with Crippen LogP contribution in [0, 0.1) is 6.92 Å². The molecule has 2 unspecified atom stereocenters. The summed E-state index contributed by atoms with van der Waals surface area (Å²) in [6.07, 6.45) is 1.25. The smallest absolute Gasteiger partial charge is 0.0234 e. The number of rotatable bonds is 2. The molecule has 1 N–H and O–H groups in total. The third kappa shape index (κ3) is 3.83. The van der Waals surface area contributed by atoms with Crippen LogP contribution in [0.1, 0.15) is 31.4 Å². The zero-order valence-electron chi connectivity index (χ0n) is 11.2. The van der Waals surface area contributed by atoms with Gasteiger partial charge in [0.2, 0.25) is 0 Å². The summed E-state index contributed by atoms with van der Waals surface area (Å²) in [6.45, 7) is 10.1. The van der Waals surface area contributed by atoms with E-state index < -0.39 is 0 Å². The zero-order chi connectivity index (χ0) is 12.3. The van der Waals surface area contributed by atoms with Crippen LogP contribution in [-0.4, -0.2) is 30.1 Å². The summed E-state index contributed by atoms with van der Waals surface area (Å²) in [7, 11) is 0. The molecule has 0 spiro atoms. The molecule has 94 valence electrons. The molecule has 2 rings (SSSR count). The summed E-state index contributed by atoms with van der Waals surface area (Å²) >= 11 is 0. The van der Waals surface area contributed by atoms with Crippen molar-refractivity contribution in [2.75, 3.05) is 13.1 Å². The molecule has 0 saturated carbocycles. The van der Waals surface area contributed by atoms with Crippen molar-refractivity contribution >= 4 is 0 Å². The third-order valence-corrected chi connectivity index (χ3v) is 3.51. The average Bonchev–Trinajstić information content (AvgIpc) is 2.43. The Hall–Kier alpha value is -0.860. The van der Waals surface area contributed by atoms with Gasteiger partial charge in [0.05, 0.1) is 0 Å². The summed E-state index contributed by atoms with van der Waals surface area (Å²) in [6, 6.07) is 10.2. The number of hydrogen-bond donors (Lipinski definition) is 1. The van der Waals surface area contributed by atoms with Crippen LogP contribution in [0.3, 0.4) is 0 Å². The van der Waals surface area contributed by atoms with Crippen molar-refractivity contribution in [3.8, 4) is 0 Å². The second kappa shape index (κ2) is 5.65. The molecular formula is C15H24N2. The van der Waals surface area contributed by atoms with Crippen molar-refractivity contribution in [2.45, 2.75) is 45.8 Å². The molecule has 0 amide bonds. The zero-order valence-corrected chi connectivity index (χ0v) is 11.2. The fourth-order valence-electron chi connectivity index (χ4n) is 2.57. The van der Waals surface area contributed by atoms with E-state index >= 15 is 0 Å². The van der Waals surface area contributed by atoms with Crippen LogP contribution < -0.4 is 5.32 Å². The van der Waals surface area contributed by atoms with E-state index in [4.69, 9.17) is 0 Å². The van der Waals surface area contributed by atoms with E-state index in [-0.39, 0.29) is 0 Å². The molecule has 0 aliphatic carbocycles. The Bertz CT molecular complexity index is 344. The molecule has 2 heteroatoms. The van der Waals surface area contributed by atoms with E-state index in [0.29, 0.717) is 12.1 Å². The van der Waals surface area contributed by atoms with Crippen LogP contribution in [0.2, 0.25) is 0 Å². The topological polar surface area (TPSA) is 15.3 Å². The Morgan fingerprint density at radius 2 is 1.88 bits per heavy atom. The quantitative estimate of drug-likeness (QED) is 0.843. The lowest BCUT2D eigenvalue weighted by molar-refractivity contribution is 0.264. The van der Waals surface area contributed by atoms with Gasteiger partial charge in [-0.25, -0.2) is 0 Å². The molecule has 2 nitrogen and oxygen atoms in total. The molecule has 1 heterocycles. The first kappa shape index (κ1) is 12.6. The van der Waals surface area contributed by atoms with Gasteiger partial charge in [-0.15, -0.1) is 0 Å². The predicted molar refractivity (Wildman–Crippen MR) is 73.1 cm³/mol. The number of aryl methyl sites for hydroxylation is 1. The molecule has 2 atom stereocenters. The molecule has 1 saturated heterocycles. The molecular weight excluding hydrogens is 208 g/mol. The molecule has 17 heavy (non-hydrogen) atoms. The molecule has 1 aliphatic heterocycles. The number of nitrogens with one attached hydrogen (secondary N) is 1. The monoisotopic (exact) mass is 232 g/mol. The molecule has 0 aromatic heterocycles. The van der Waals surface area contributed by atoms with Crippen molar-refractivity contribution in [2.24, 2.45) is 0 Å². The van der Waals surface area contributed by atoms with E-state index in [0.717, 1.165) is 13.1 Å². The Morgan fingerprint density at radius 1 is 1.18 bits per heavy atom. The van der Waals surface area contributed by atoms with Crippen LogP contribution in [-0.2, 0) is 6.54 Å². The SMILES string of the molecule is Cc1ccc(CN2CCC(C)NC(C)C2)cc1. The second-order valence-corrected chi connectivity index (χ2v) is 5.48. The van der Waals surface area contributed by atoms with Crippen molar-refractivity contribution in [1.82, 2.24) is 10.2 Å². The number of hydrogen-bond acceptors (Lipinski definition) is 2. The van der Waals surface area contributed by atoms with Gasteiger partial charge in [-0.2, -0.15) is 0 Å². The Balaban J connectivity index is 1.96. The minimum Gasteiger partial charge on any atom is -0.310 e. The lowest BCUT2D eigenvalue weighted by Gasteiger charge is -2.22. The maximum absolute atomic E-state index is 3.62. The number of nitrogens with zero attached hydrogens (tertiary/aromatic N) is 1. The van der Waals surface area contributed by atoms with Gasteiger partial charge in [0.1, 0.15) is 0 Å². The van der Waals surface area contributed by atoms with Crippen molar-refractivity contribution in [3.05, 3.63) is 35.4 Å². The van der Waals surface area contributed by atoms with Gasteiger partial charge in [0.25, 0.3) is 0 Å². The summed E-state index contributed by atoms with van der Waals surface area (Å²) in [5.41, 5.74) is 2.77. The van der Waals surface area contributed by atoms with E-state index in [9.17, 15) is 0 Å². The molecule has 0 radical (unpaired) electrons. The standard InChI is InChI=1S/C15H24N2/c1-12-4-6-15(7-5-12)11-17-9-8-13(2)16-14(3)10-17/h4-7,13-14,16H,8-11H2,1-3H3. The molecule has 0 bridgehead atoms. The van der Waals surface area contributed by atoms with Gasteiger partial charge in [-0.1, -0.05) is 29.8 Å². The maximum Gasteiger partial charge on any atom is 0.0234 e. The summed E-state index contributed by atoms with van der Waals surface area (Å²) in [5.74, 6) is 0. The van der Waals surface area contributed by atoms with Crippen LogP contribution in [0.4, 0.5) is 0 Å². The Labute approximate surface area is 105 Å². The van der Waals surface area contributed by atoms with Crippen LogP contribution >= 0.6 is 0 Å². The van der Waals surface area contributed by atoms with Gasteiger partial charge >= 0.3 is 0 Å². The lowest BCUT2D eigenvalue weighted by atomic mass is 10.1. The van der Waals surface area contributed by atoms with E-state index in [2.05, 4.69) is 55.3 Å². The predicted octanol–water partition coefficient (Wildman–Crippen LogP) is 2.57. The fourth-order valence-corrected chi connectivity index (χ4v) is 2.57. The molecule has 1 aliphatic rings. The summed E-state index contributed by atoms with van der Waals surface area (Å²) in [4.78, 5) is 2.56. The van der Waals surface area contributed by atoms with Gasteiger partial charge in [0, 0.05) is 31.7 Å².